The molecule has 0 aliphatic heterocycles. The van der Waals surface area contributed by atoms with Gasteiger partial charge in [-0.05, 0) is 49.1 Å². The first kappa shape index (κ1) is 30.5. The van der Waals surface area contributed by atoms with E-state index in [1.807, 2.05) is 47.0 Å². The van der Waals surface area contributed by atoms with E-state index in [0.29, 0.717) is 11.7 Å². The molecule has 1 amide bonds. The molecule has 1 fully saturated rings. The largest absolute Gasteiger partial charge is 0.324 e. The summed E-state index contributed by atoms with van der Waals surface area (Å²) in [7, 11) is -2.13. The minimum Gasteiger partial charge on any atom is -0.324 e. The number of aromatic nitrogens is 3. The van der Waals surface area contributed by atoms with E-state index in [9.17, 15) is 13.2 Å². The molecule has 5 rings (SSSR count). The number of para-hydroxylation sites is 1. The summed E-state index contributed by atoms with van der Waals surface area (Å²) in [6, 6.07) is 24.7. The number of hydrogen-bond acceptors (Lipinski definition) is 6. The second kappa shape index (κ2) is 14.0. The number of anilines is 1. The normalized spacial score (nSPS) is 14.3. The van der Waals surface area contributed by atoms with Crippen LogP contribution in [0.1, 0.15) is 37.7 Å². The molecule has 4 aromatic rings. The zero-order valence-corrected chi connectivity index (χ0v) is 26.7. The highest BCUT2D eigenvalue weighted by atomic mass is 79.9. The van der Waals surface area contributed by atoms with Gasteiger partial charge in [0, 0.05) is 29.7 Å². The molecular formula is C31H34BrN5O3S2. The molecule has 0 spiro atoms. The highest BCUT2D eigenvalue weighted by Gasteiger charge is 2.31. The fraction of sp³-hybridized carbons (Fsp3) is 0.323. The van der Waals surface area contributed by atoms with E-state index < -0.39 is 10.0 Å². The quantitative estimate of drug-likeness (QED) is 0.180. The lowest BCUT2D eigenvalue weighted by atomic mass is 9.96. The molecular weight excluding hydrogens is 634 g/mol. The molecule has 0 saturated heterocycles. The minimum atomic E-state index is -3.77. The number of aryl methyl sites for hydroxylation is 1. The van der Waals surface area contributed by atoms with Crippen molar-refractivity contribution in [2.45, 2.75) is 61.2 Å². The molecule has 1 aliphatic carbocycles. The van der Waals surface area contributed by atoms with Crippen LogP contribution in [0, 0.1) is 0 Å². The van der Waals surface area contributed by atoms with Crippen molar-refractivity contribution in [2.75, 3.05) is 18.1 Å². The molecule has 1 aromatic heterocycles. The van der Waals surface area contributed by atoms with Crippen molar-refractivity contribution in [1.82, 2.24) is 19.1 Å². The number of amides is 1. The molecule has 0 bridgehead atoms. The van der Waals surface area contributed by atoms with Gasteiger partial charge in [-0.2, -0.15) is 4.31 Å². The van der Waals surface area contributed by atoms with Crippen LogP contribution in [-0.4, -0.2) is 52.2 Å². The van der Waals surface area contributed by atoms with Crippen molar-refractivity contribution in [3.8, 4) is 11.4 Å². The van der Waals surface area contributed by atoms with E-state index in [0.717, 1.165) is 54.4 Å². The van der Waals surface area contributed by atoms with E-state index in [-0.39, 0.29) is 28.3 Å². The van der Waals surface area contributed by atoms with E-state index in [4.69, 9.17) is 0 Å². The Balaban J connectivity index is 1.31. The molecule has 0 radical (unpaired) electrons. The van der Waals surface area contributed by atoms with Crippen molar-refractivity contribution in [3.63, 3.8) is 0 Å². The number of sulfonamides is 1. The number of hydrogen-bond donors (Lipinski definition) is 1. The minimum absolute atomic E-state index is 0.0229. The monoisotopic (exact) mass is 667 g/mol. The molecule has 0 unspecified atom stereocenters. The zero-order valence-electron chi connectivity index (χ0n) is 23.4. The van der Waals surface area contributed by atoms with Crippen LogP contribution in [0.15, 0.2) is 93.4 Å². The second-order valence-electron chi connectivity index (χ2n) is 10.3. The number of thioether (sulfide) groups is 1. The van der Waals surface area contributed by atoms with Crippen LogP contribution in [0.2, 0.25) is 0 Å². The van der Waals surface area contributed by atoms with Crippen LogP contribution < -0.4 is 5.32 Å². The summed E-state index contributed by atoms with van der Waals surface area (Å²) < 4.78 is 31.6. The summed E-state index contributed by atoms with van der Waals surface area (Å²) in [5.41, 5.74) is 2.40. The highest BCUT2D eigenvalue weighted by Crippen LogP contribution is 2.31. The number of benzene rings is 3. The van der Waals surface area contributed by atoms with E-state index >= 15 is 0 Å². The van der Waals surface area contributed by atoms with Crippen LogP contribution in [-0.2, 0) is 27.8 Å². The van der Waals surface area contributed by atoms with Crippen LogP contribution in [0.5, 0.6) is 0 Å². The Hall–Kier alpha value is -2.99. The summed E-state index contributed by atoms with van der Waals surface area (Å²) in [6.07, 6.45) is 5.68. The third kappa shape index (κ3) is 7.31. The van der Waals surface area contributed by atoms with Gasteiger partial charge in [-0.3, -0.25) is 4.79 Å². The molecule has 1 N–H and O–H groups in total. The number of nitrogens with one attached hydrogen (secondary N) is 1. The standard InChI is InChI=1S/C31H34BrN5O3S2/c1-36(26-12-6-3-7-13-26)42(39,40)28-15-9-8-14-27(28)33-29(38)22-41-31-35-34-30(24-16-18-25(32)19-17-24)37(31)21-20-23-10-4-2-5-11-23/h2,4-5,8-11,14-19,26H,3,6-7,12-13,20-22H2,1H3,(H,33,38). The molecule has 1 aliphatic rings. The van der Waals surface area contributed by atoms with Gasteiger partial charge in [0.1, 0.15) is 4.90 Å². The molecule has 8 nitrogen and oxygen atoms in total. The lowest BCUT2D eigenvalue weighted by Gasteiger charge is -2.30. The molecule has 11 heteroatoms. The lowest BCUT2D eigenvalue weighted by Crippen LogP contribution is -2.38. The van der Waals surface area contributed by atoms with Gasteiger partial charge in [-0.15, -0.1) is 10.2 Å². The van der Waals surface area contributed by atoms with Gasteiger partial charge >= 0.3 is 0 Å². The van der Waals surface area contributed by atoms with Gasteiger partial charge < -0.3 is 9.88 Å². The zero-order chi connectivity index (χ0) is 29.5. The predicted molar refractivity (Wildman–Crippen MR) is 171 cm³/mol. The van der Waals surface area contributed by atoms with Gasteiger partial charge in [0.15, 0.2) is 11.0 Å². The van der Waals surface area contributed by atoms with Gasteiger partial charge in [-0.25, -0.2) is 8.42 Å². The molecule has 1 heterocycles. The van der Waals surface area contributed by atoms with Crippen molar-refractivity contribution in [2.24, 2.45) is 0 Å². The SMILES string of the molecule is CN(C1CCCCC1)S(=O)(=O)c1ccccc1NC(=O)CSc1nnc(-c2ccc(Br)cc2)n1CCc1ccccc1. The Morgan fingerprint density at radius 1 is 0.976 bits per heavy atom. The molecule has 3 aromatic carbocycles. The molecule has 1 saturated carbocycles. The van der Waals surface area contributed by atoms with E-state index in [1.165, 1.54) is 21.6 Å². The molecule has 220 valence electrons. The average molecular weight is 669 g/mol. The number of halogens is 1. The Bertz CT molecular complexity index is 1610. The Labute approximate surface area is 260 Å². The fourth-order valence-electron chi connectivity index (χ4n) is 5.20. The second-order valence-corrected chi connectivity index (χ2v) is 14.2. The first-order chi connectivity index (χ1) is 20.3. The molecule has 0 atom stereocenters. The Morgan fingerprint density at radius 2 is 1.67 bits per heavy atom. The maximum atomic E-state index is 13.6. The summed E-state index contributed by atoms with van der Waals surface area (Å²) in [6.45, 7) is 0.640. The maximum absolute atomic E-state index is 13.6. The van der Waals surface area contributed by atoms with Gasteiger partial charge in [-0.1, -0.05) is 102 Å². The summed E-state index contributed by atoms with van der Waals surface area (Å²) in [4.78, 5) is 13.2. The van der Waals surface area contributed by atoms with Crippen LogP contribution >= 0.6 is 27.7 Å². The molecule has 42 heavy (non-hydrogen) atoms. The van der Waals surface area contributed by atoms with Crippen LogP contribution in [0.3, 0.4) is 0 Å². The first-order valence-electron chi connectivity index (χ1n) is 14.1. The number of carbonyl (C=O) groups is 1. The topological polar surface area (TPSA) is 97.2 Å². The summed E-state index contributed by atoms with van der Waals surface area (Å²) >= 11 is 4.76. The van der Waals surface area contributed by atoms with Gasteiger partial charge in [0.25, 0.3) is 0 Å². The van der Waals surface area contributed by atoms with Crippen LogP contribution in [0.25, 0.3) is 11.4 Å². The Morgan fingerprint density at radius 3 is 2.40 bits per heavy atom. The third-order valence-corrected chi connectivity index (χ3v) is 11.0. The number of carbonyl (C=O) groups excluding carboxylic acids is 1. The van der Waals surface area contributed by atoms with E-state index in [1.54, 1.807) is 31.3 Å². The Kier molecular flexibility index (Phi) is 10.1. The lowest BCUT2D eigenvalue weighted by molar-refractivity contribution is -0.113. The first-order valence-corrected chi connectivity index (χ1v) is 17.3. The van der Waals surface area contributed by atoms with Crippen molar-refractivity contribution in [1.29, 1.82) is 0 Å². The fourth-order valence-corrected chi connectivity index (χ4v) is 7.79. The smallest absolute Gasteiger partial charge is 0.245 e. The average Bonchev–Trinajstić information content (AvgIpc) is 3.42. The number of nitrogens with zero attached hydrogens (tertiary/aromatic N) is 4. The number of rotatable bonds is 11. The third-order valence-electron chi connectivity index (χ3n) is 7.53. The van der Waals surface area contributed by atoms with Crippen LogP contribution in [0.4, 0.5) is 5.69 Å². The van der Waals surface area contributed by atoms with Crippen molar-refractivity contribution >= 4 is 49.3 Å². The van der Waals surface area contributed by atoms with Gasteiger partial charge in [0.2, 0.25) is 15.9 Å². The predicted octanol–water partition coefficient (Wildman–Crippen LogP) is 6.63. The maximum Gasteiger partial charge on any atom is 0.245 e. The highest BCUT2D eigenvalue weighted by molar-refractivity contribution is 9.10. The van der Waals surface area contributed by atoms with Crippen molar-refractivity contribution < 1.29 is 13.2 Å². The summed E-state index contributed by atoms with van der Waals surface area (Å²) in [5.74, 6) is 0.464. The summed E-state index contributed by atoms with van der Waals surface area (Å²) in [5, 5.41) is 12.3. The van der Waals surface area contributed by atoms with Gasteiger partial charge in [0.05, 0.1) is 11.4 Å². The van der Waals surface area contributed by atoms with Crippen molar-refractivity contribution in [3.05, 3.63) is 88.9 Å². The van der Waals surface area contributed by atoms with E-state index in [2.05, 4.69) is 43.6 Å².